The highest BCUT2D eigenvalue weighted by Crippen LogP contribution is 2.35. The number of nitrogens with two attached hydrogens (primary N) is 1. The zero-order valence-corrected chi connectivity index (χ0v) is 11.7. The number of esters is 1. The van der Waals surface area contributed by atoms with Crippen molar-refractivity contribution in [3.63, 3.8) is 0 Å². The number of hydrogen-bond donors (Lipinski definition) is 1. The van der Waals surface area contributed by atoms with Crippen LogP contribution < -0.4 is 10.6 Å². The Kier molecular flexibility index (Phi) is 4.17. The van der Waals surface area contributed by atoms with Crippen molar-refractivity contribution < 1.29 is 14.3 Å². The lowest BCUT2D eigenvalue weighted by atomic mass is 10.1. The minimum Gasteiger partial charge on any atom is -0.465 e. The van der Waals surface area contributed by atoms with Crippen LogP contribution in [0.3, 0.4) is 0 Å². The molecule has 6 heteroatoms. The minimum absolute atomic E-state index is 0.137. The summed E-state index contributed by atoms with van der Waals surface area (Å²) < 4.78 is 10.2. The lowest BCUT2D eigenvalue weighted by molar-refractivity contribution is 0.0599. The van der Waals surface area contributed by atoms with Gasteiger partial charge in [-0.15, -0.1) is 0 Å². The topological polar surface area (TPSA) is 64.8 Å². The SMILES string of the molecule is COC(=O)c1cc(N)cc(Cl)c1N1CCOCC1C. The van der Waals surface area contributed by atoms with Crippen molar-refractivity contribution in [1.29, 1.82) is 0 Å². The normalized spacial score (nSPS) is 19.3. The summed E-state index contributed by atoms with van der Waals surface area (Å²) in [5.41, 5.74) is 7.24. The average molecular weight is 285 g/mol. The van der Waals surface area contributed by atoms with Crippen LogP contribution in [0.25, 0.3) is 0 Å². The first-order chi connectivity index (χ1) is 9.04. The van der Waals surface area contributed by atoms with Crippen LogP contribution in [-0.4, -0.2) is 38.9 Å². The van der Waals surface area contributed by atoms with Gasteiger partial charge in [-0.05, 0) is 19.1 Å². The second-order valence-corrected chi connectivity index (χ2v) is 4.92. The molecule has 1 fully saturated rings. The van der Waals surface area contributed by atoms with Crippen LogP contribution in [0, 0.1) is 0 Å². The molecule has 1 aromatic rings. The van der Waals surface area contributed by atoms with E-state index in [1.54, 1.807) is 12.1 Å². The number of methoxy groups -OCH3 is 1. The van der Waals surface area contributed by atoms with Gasteiger partial charge in [0.25, 0.3) is 0 Å². The van der Waals surface area contributed by atoms with E-state index in [1.807, 2.05) is 6.92 Å². The molecule has 1 atom stereocenters. The molecule has 19 heavy (non-hydrogen) atoms. The van der Waals surface area contributed by atoms with Gasteiger partial charge < -0.3 is 20.1 Å². The van der Waals surface area contributed by atoms with Crippen molar-refractivity contribution in [2.75, 3.05) is 37.5 Å². The molecule has 104 valence electrons. The third-order valence-electron chi connectivity index (χ3n) is 3.15. The molecule has 0 bridgehead atoms. The average Bonchev–Trinajstić information content (AvgIpc) is 2.38. The second-order valence-electron chi connectivity index (χ2n) is 4.51. The predicted molar refractivity (Wildman–Crippen MR) is 74.8 cm³/mol. The van der Waals surface area contributed by atoms with Gasteiger partial charge in [0.1, 0.15) is 0 Å². The Morgan fingerprint density at radius 1 is 1.58 bits per heavy atom. The summed E-state index contributed by atoms with van der Waals surface area (Å²) in [6, 6.07) is 3.37. The number of halogens is 1. The van der Waals surface area contributed by atoms with Crippen LogP contribution in [0.5, 0.6) is 0 Å². The lowest BCUT2D eigenvalue weighted by Crippen LogP contribution is -2.44. The molecule has 1 aromatic carbocycles. The molecule has 1 saturated heterocycles. The molecule has 1 heterocycles. The third-order valence-corrected chi connectivity index (χ3v) is 3.43. The van der Waals surface area contributed by atoms with Gasteiger partial charge in [0.15, 0.2) is 0 Å². The summed E-state index contributed by atoms with van der Waals surface area (Å²) >= 11 is 6.26. The van der Waals surface area contributed by atoms with E-state index in [4.69, 9.17) is 26.8 Å². The summed E-state index contributed by atoms with van der Waals surface area (Å²) in [6.07, 6.45) is 0. The summed E-state index contributed by atoms with van der Waals surface area (Å²) in [4.78, 5) is 13.9. The number of nitrogen functional groups attached to an aromatic ring is 1. The fraction of sp³-hybridized carbons (Fsp3) is 0.462. The van der Waals surface area contributed by atoms with Crippen molar-refractivity contribution in [2.45, 2.75) is 13.0 Å². The molecule has 1 aliphatic rings. The van der Waals surface area contributed by atoms with Crippen LogP contribution >= 0.6 is 11.6 Å². The largest absolute Gasteiger partial charge is 0.465 e. The number of hydrogen-bond acceptors (Lipinski definition) is 5. The molecule has 2 N–H and O–H groups in total. The molecule has 0 spiro atoms. The van der Waals surface area contributed by atoms with Gasteiger partial charge in [-0.2, -0.15) is 0 Å². The number of rotatable bonds is 2. The highest BCUT2D eigenvalue weighted by Gasteiger charge is 2.26. The van der Waals surface area contributed by atoms with Crippen LogP contribution in [0.2, 0.25) is 5.02 Å². The maximum atomic E-state index is 11.9. The van der Waals surface area contributed by atoms with E-state index in [0.717, 1.165) is 0 Å². The Morgan fingerprint density at radius 2 is 2.32 bits per heavy atom. The molecule has 5 nitrogen and oxygen atoms in total. The molecular weight excluding hydrogens is 268 g/mol. The molecule has 0 aliphatic carbocycles. The standard InChI is InChI=1S/C13H17ClN2O3/c1-8-7-19-4-3-16(8)12-10(13(17)18-2)5-9(15)6-11(12)14/h5-6,8H,3-4,7,15H2,1-2H3. The second kappa shape index (κ2) is 5.67. The van der Waals surface area contributed by atoms with Gasteiger partial charge >= 0.3 is 5.97 Å². The number of morpholine rings is 1. The summed E-state index contributed by atoms with van der Waals surface area (Å²) in [5.74, 6) is -0.442. The molecule has 2 rings (SSSR count). The van der Waals surface area contributed by atoms with Gasteiger partial charge in [-0.3, -0.25) is 0 Å². The van der Waals surface area contributed by atoms with Gasteiger partial charge in [-0.1, -0.05) is 11.6 Å². The van der Waals surface area contributed by atoms with Crippen LogP contribution in [0.4, 0.5) is 11.4 Å². The maximum absolute atomic E-state index is 11.9. The summed E-state index contributed by atoms with van der Waals surface area (Å²) in [6.45, 7) is 3.90. The predicted octanol–water partition coefficient (Wildman–Crippen LogP) is 1.93. The number of ether oxygens (including phenoxy) is 2. The zero-order valence-electron chi connectivity index (χ0n) is 11.0. The van der Waals surface area contributed by atoms with Crippen LogP contribution in [0.15, 0.2) is 12.1 Å². The van der Waals surface area contributed by atoms with Gasteiger partial charge in [-0.25, -0.2) is 4.79 Å². The van der Waals surface area contributed by atoms with Gasteiger partial charge in [0.2, 0.25) is 0 Å². The van der Waals surface area contributed by atoms with E-state index in [0.29, 0.717) is 41.7 Å². The lowest BCUT2D eigenvalue weighted by Gasteiger charge is -2.36. The van der Waals surface area contributed by atoms with Crippen LogP contribution in [0.1, 0.15) is 17.3 Å². The molecule has 0 aromatic heterocycles. The Labute approximate surface area is 117 Å². The van der Waals surface area contributed by atoms with Crippen molar-refractivity contribution in [3.05, 3.63) is 22.7 Å². The number of anilines is 2. The quantitative estimate of drug-likeness (QED) is 0.664. The molecule has 0 saturated carbocycles. The fourth-order valence-corrected chi connectivity index (χ4v) is 2.57. The van der Waals surface area contributed by atoms with E-state index >= 15 is 0 Å². The Balaban J connectivity index is 2.50. The van der Waals surface area contributed by atoms with Crippen LogP contribution in [-0.2, 0) is 9.47 Å². The first-order valence-corrected chi connectivity index (χ1v) is 6.44. The summed E-state index contributed by atoms with van der Waals surface area (Å²) in [5, 5.41) is 0.453. The maximum Gasteiger partial charge on any atom is 0.340 e. The molecule has 0 radical (unpaired) electrons. The van der Waals surface area contributed by atoms with E-state index in [1.165, 1.54) is 7.11 Å². The van der Waals surface area contributed by atoms with Crippen molar-refractivity contribution in [1.82, 2.24) is 0 Å². The van der Waals surface area contributed by atoms with Crippen molar-refractivity contribution >= 4 is 28.9 Å². The number of carbonyl (C=O) groups excluding carboxylic acids is 1. The zero-order chi connectivity index (χ0) is 14.0. The number of carbonyl (C=O) groups is 1. The summed E-state index contributed by atoms with van der Waals surface area (Å²) in [7, 11) is 1.34. The molecule has 1 unspecified atom stereocenters. The number of nitrogens with zero attached hydrogens (tertiary/aromatic N) is 1. The first kappa shape index (κ1) is 14.0. The third kappa shape index (κ3) is 2.77. The molecular formula is C13H17ClN2O3. The highest BCUT2D eigenvalue weighted by atomic mass is 35.5. The Hall–Kier alpha value is -1.46. The monoisotopic (exact) mass is 284 g/mol. The molecule has 0 amide bonds. The minimum atomic E-state index is -0.442. The Morgan fingerprint density at radius 3 is 2.95 bits per heavy atom. The Bertz CT molecular complexity index is 493. The van der Waals surface area contributed by atoms with E-state index < -0.39 is 5.97 Å². The van der Waals surface area contributed by atoms with E-state index in [-0.39, 0.29) is 6.04 Å². The van der Waals surface area contributed by atoms with Crippen molar-refractivity contribution in [3.8, 4) is 0 Å². The smallest absolute Gasteiger partial charge is 0.340 e. The molecule has 1 aliphatic heterocycles. The van der Waals surface area contributed by atoms with Gasteiger partial charge in [0.05, 0.1) is 36.6 Å². The van der Waals surface area contributed by atoms with Crippen molar-refractivity contribution in [2.24, 2.45) is 0 Å². The number of benzene rings is 1. The van der Waals surface area contributed by atoms with E-state index in [2.05, 4.69) is 4.90 Å². The van der Waals surface area contributed by atoms with Gasteiger partial charge in [0, 0.05) is 18.3 Å². The first-order valence-electron chi connectivity index (χ1n) is 6.06. The highest BCUT2D eigenvalue weighted by molar-refractivity contribution is 6.34. The fourth-order valence-electron chi connectivity index (χ4n) is 2.24. The van der Waals surface area contributed by atoms with E-state index in [9.17, 15) is 4.79 Å².